The van der Waals surface area contributed by atoms with Crippen LogP contribution < -0.4 is 0 Å². The van der Waals surface area contributed by atoms with E-state index in [4.69, 9.17) is 18.6 Å². The quantitative estimate of drug-likeness (QED) is 0.196. The molecule has 0 unspecified atom stereocenters. The van der Waals surface area contributed by atoms with Gasteiger partial charge < -0.3 is 18.6 Å². The Bertz CT molecular complexity index is 1100. The molecule has 1 heterocycles. The Morgan fingerprint density at radius 3 is 2.34 bits per heavy atom. The van der Waals surface area contributed by atoms with Gasteiger partial charge in [-0.2, -0.15) is 0 Å². The fourth-order valence-electron chi connectivity index (χ4n) is 9.20. The zero-order valence-corrected chi connectivity index (χ0v) is 25.2. The summed E-state index contributed by atoms with van der Waals surface area (Å²) in [6.07, 6.45) is 7.78. The number of hydrogen-bond donors (Lipinski definition) is 0. The van der Waals surface area contributed by atoms with Crippen molar-refractivity contribution in [3.63, 3.8) is 0 Å². The minimum absolute atomic E-state index is 0.0123. The average Bonchev–Trinajstić information content (AvgIpc) is 3.21. The molecule has 5 aliphatic rings. The maximum absolute atomic E-state index is 12.6. The lowest BCUT2D eigenvalue weighted by Gasteiger charge is -2.62. The lowest BCUT2D eigenvalue weighted by Crippen LogP contribution is -2.65. The first kappa shape index (κ1) is 27.6. The average molecular weight is 545 g/mol. The topological polar surface area (TPSA) is 88.1 Å². The summed E-state index contributed by atoms with van der Waals surface area (Å²) in [5.74, 6) is 0.949. The number of carbonyl (C=O) groups is 3. The third-order valence-corrected chi connectivity index (χ3v) is 11.6. The predicted octanol–water partition coefficient (Wildman–Crippen LogP) is 5.49. The highest BCUT2D eigenvalue weighted by molar-refractivity contribution is 6.69. The molecule has 0 bridgehead atoms. The summed E-state index contributed by atoms with van der Waals surface area (Å²) in [6, 6.07) is 0. The van der Waals surface area contributed by atoms with Gasteiger partial charge in [-0.3, -0.25) is 14.4 Å². The summed E-state index contributed by atoms with van der Waals surface area (Å²) in [5.41, 5.74) is 0.626. The Morgan fingerprint density at radius 2 is 1.74 bits per heavy atom. The molecule has 5 rings (SSSR count). The van der Waals surface area contributed by atoms with E-state index < -0.39 is 31.5 Å². The highest BCUT2D eigenvalue weighted by atomic mass is 28.4. The van der Waals surface area contributed by atoms with E-state index in [0.29, 0.717) is 23.5 Å². The highest BCUT2D eigenvalue weighted by Gasteiger charge is 2.73. The van der Waals surface area contributed by atoms with Crippen LogP contribution in [0.3, 0.4) is 0 Å². The third kappa shape index (κ3) is 3.87. The molecule has 0 aromatic carbocycles. The zero-order valence-electron chi connectivity index (χ0n) is 24.2. The Hall–Kier alpha value is -1.93. The van der Waals surface area contributed by atoms with E-state index in [9.17, 15) is 14.4 Å². The normalized spacial score (nSPS) is 43.6. The molecule has 0 spiro atoms. The Balaban J connectivity index is 1.59. The van der Waals surface area contributed by atoms with Gasteiger partial charge in [0, 0.05) is 19.4 Å². The second-order valence-electron chi connectivity index (χ2n) is 13.8. The molecule has 0 aromatic heterocycles. The Kier molecular flexibility index (Phi) is 6.58. The largest absolute Gasteiger partial charge is 0.479 e. The number of hydrogen-bond acceptors (Lipinski definition) is 7. The first-order valence-corrected chi connectivity index (χ1v) is 17.7. The van der Waals surface area contributed by atoms with Crippen molar-refractivity contribution in [1.29, 1.82) is 0 Å². The zero-order chi connectivity index (χ0) is 27.8. The minimum Gasteiger partial charge on any atom is -0.479 e. The SMILES string of the molecule is CC(=O)O[C@H]1CC[C@@]2(C)[C@@H](CC[C@H]3C4=C[C@@H]5OC(C=O)=C(C)[C@]5(O[Si](C)(C)C)[C@@]4(C)[C@H](OC(C)=O)C[C@@H]32)C1. The van der Waals surface area contributed by atoms with E-state index in [-0.39, 0.29) is 23.5 Å². The molecule has 1 aliphatic heterocycles. The molecular weight excluding hydrogens is 500 g/mol. The minimum atomic E-state index is -2.15. The van der Waals surface area contributed by atoms with Crippen molar-refractivity contribution in [2.24, 2.45) is 28.6 Å². The number of fused-ring (bicyclic) bond motifs is 7. The fraction of sp³-hybridized carbons (Fsp3) is 0.767. The smallest absolute Gasteiger partial charge is 0.302 e. The summed E-state index contributed by atoms with van der Waals surface area (Å²) in [6.45, 7) is 16.0. The molecule has 0 aromatic rings. The first-order valence-electron chi connectivity index (χ1n) is 14.3. The molecule has 9 atom stereocenters. The van der Waals surface area contributed by atoms with Gasteiger partial charge in [0.25, 0.3) is 0 Å². The van der Waals surface area contributed by atoms with Crippen molar-refractivity contribution in [2.45, 2.75) is 117 Å². The van der Waals surface area contributed by atoms with Gasteiger partial charge in [-0.1, -0.05) is 12.5 Å². The number of allylic oxidation sites excluding steroid dienone is 1. The predicted molar refractivity (Wildman–Crippen MR) is 144 cm³/mol. The van der Waals surface area contributed by atoms with Gasteiger partial charge in [-0.05, 0) is 101 Å². The van der Waals surface area contributed by atoms with E-state index in [2.05, 4.69) is 39.6 Å². The van der Waals surface area contributed by atoms with Gasteiger partial charge in [0.05, 0.1) is 5.41 Å². The molecule has 0 saturated heterocycles. The van der Waals surface area contributed by atoms with Crippen molar-refractivity contribution in [1.82, 2.24) is 0 Å². The summed E-state index contributed by atoms with van der Waals surface area (Å²) in [7, 11) is -2.15. The molecule has 8 heteroatoms. The summed E-state index contributed by atoms with van der Waals surface area (Å²) < 4.78 is 25.3. The van der Waals surface area contributed by atoms with E-state index >= 15 is 0 Å². The fourth-order valence-corrected chi connectivity index (χ4v) is 10.7. The highest BCUT2D eigenvalue weighted by Crippen LogP contribution is 2.70. The number of ether oxygens (including phenoxy) is 3. The van der Waals surface area contributed by atoms with Gasteiger partial charge in [0.15, 0.2) is 26.5 Å². The van der Waals surface area contributed by atoms with Crippen LogP contribution in [-0.4, -0.2) is 50.5 Å². The van der Waals surface area contributed by atoms with Crippen LogP contribution in [0.1, 0.15) is 73.1 Å². The van der Waals surface area contributed by atoms with E-state index in [1.165, 1.54) is 19.4 Å². The molecule has 38 heavy (non-hydrogen) atoms. The van der Waals surface area contributed by atoms with Crippen LogP contribution in [0, 0.1) is 28.6 Å². The van der Waals surface area contributed by atoms with Crippen LogP contribution in [0.2, 0.25) is 19.6 Å². The maximum Gasteiger partial charge on any atom is 0.302 e. The summed E-state index contributed by atoms with van der Waals surface area (Å²) in [4.78, 5) is 36.3. The molecule has 4 aliphatic carbocycles. The lowest BCUT2D eigenvalue weighted by atomic mass is 9.44. The van der Waals surface area contributed by atoms with E-state index in [1.807, 2.05) is 6.92 Å². The molecule has 3 saturated carbocycles. The number of esters is 2. The first-order chi connectivity index (χ1) is 17.7. The molecule has 3 fully saturated rings. The molecular formula is C30H44O7Si. The number of carbonyl (C=O) groups excluding carboxylic acids is 3. The van der Waals surface area contributed by atoms with Crippen LogP contribution in [0.4, 0.5) is 0 Å². The third-order valence-electron chi connectivity index (χ3n) is 10.7. The number of rotatable bonds is 5. The van der Waals surface area contributed by atoms with Crippen molar-refractivity contribution in [3.05, 3.63) is 23.0 Å². The van der Waals surface area contributed by atoms with Crippen LogP contribution in [0.5, 0.6) is 0 Å². The van der Waals surface area contributed by atoms with E-state index in [0.717, 1.165) is 50.4 Å². The summed E-state index contributed by atoms with van der Waals surface area (Å²) in [5, 5.41) is 0. The summed E-state index contributed by atoms with van der Waals surface area (Å²) >= 11 is 0. The van der Waals surface area contributed by atoms with Gasteiger partial charge in [-0.15, -0.1) is 0 Å². The second-order valence-corrected chi connectivity index (χ2v) is 18.2. The standard InChI is InChI=1S/C30H44O7Si/c1-17-25(16-31)36-27-15-24-22-10-9-20-13-21(34-18(2)32)11-12-28(20,4)23(22)14-26(35-19(3)33)29(24,5)30(17,27)37-38(6,7)8/h15-16,20-23,26-27H,9-14H2,1-8H3/t20-,21-,22+,23-,26+,27-,28-,29+,30+/m0/s1. The molecule has 210 valence electrons. The van der Waals surface area contributed by atoms with Gasteiger partial charge >= 0.3 is 11.9 Å². The monoisotopic (exact) mass is 544 g/mol. The van der Waals surface area contributed by atoms with Crippen molar-refractivity contribution >= 4 is 26.5 Å². The van der Waals surface area contributed by atoms with E-state index in [1.54, 1.807) is 0 Å². The Labute approximate surface area is 227 Å². The maximum atomic E-state index is 12.6. The molecule has 0 amide bonds. The van der Waals surface area contributed by atoms with Gasteiger partial charge in [-0.25, -0.2) is 0 Å². The van der Waals surface area contributed by atoms with Crippen LogP contribution in [0.15, 0.2) is 23.0 Å². The van der Waals surface area contributed by atoms with Gasteiger partial charge in [0.2, 0.25) is 0 Å². The van der Waals surface area contributed by atoms with Crippen molar-refractivity contribution < 1.29 is 33.0 Å². The molecule has 7 nitrogen and oxygen atoms in total. The molecule has 0 N–H and O–H groups in total. The van der Waals surface area contributed by atoms with Crippen LogP contribution >= 0.6 is 0 Å². The number of aldehydes is 1. The Morgan fingerprint density at radius 1 is 1.05 bits per heavy atom. The molecule has 0 radical (unpaired) electrons. The second kappa shape index (κ2) is 9.05. The van der Waals surface area contributed by atoms with Gasteiger partial charge in [0.1, 0.15) is 17.8 Å². The lowest BCUT2D eigenvalue weighted by molar-refractivity contribution is -0.184. The van der Waals surface area contributed by atoms with Crippen molar-refractivity contribution in [2.75, 3.05) is 0 Å². The van der Waals surface area contributed by atoms with Crippen LogP contribution in [-0.2, 0) is 33.0 Å². The van der Waals surface area contributed by atoms with Crippen LogP contribution in [0.25, 0.3) is 0 Å². The van der Waals surface area contributed by atoms with Crippen molar-refractivity contribution in [3.8, 4) is 0 Å².